The van der Waals surface area contributed by atoms with Gasteiger partial charge in [0.2, 0.25) is 0 Å². The third-order valence-corrected chi connectivity index (χ3v) is 5.91. The van der Waals surface area contributed by atoms with Crippen molar-refractivity contribution in [2.24, 2.45) is 0 Å². The summed E-state index contributed by atoms with van der Waals surface area (Å²) in [5, 5.41) is 3.24. The minimum absolute atomic E-state index is 0.0359. The van der Waals surface area contributed by atoms with Crippen LogP contribution in [-0.2, 0) is 0 Å². The van der Waals surface area contributed by atoms with Gasteiger partial charge in [0.05, 0.1) is 23.9 Å². The number of nitrogens with zero attached hydrogens (tertiary/aromatic N) is 1. The van der Waals surface area contributed by atoms with E-state index >= 15 is 0 Å². The van der Waals surface area contributed by atoms with E-state index in [4.69, 9.17) is 9.72 Å². The molecule has 0 atom stereocenters. The second kappa shape index (κ2) is 6.26. The second-order valence-electron chi connectivity index (χ2n) is 7.49. The summed E-state index contributed by atoms with van der Waals surface area (Å²) in [5.74, 6) is 0.821. The fourth-order valence-electron chi connectivity index (χ4n) is 4.52. The van der Waals surface area contributed by atoms with Crippen LogP contribution in [0.4, 0.5) is 0 Å². The lowest BCUT2D eigenvalue weighted by molar-refractivity contribution is 0.104. The Balaban J connectivity index is 1.81. The molecule has 0 amide bonds. The smallest absolute Gasteiger partial charge is 0.196 e. The Hall–Kier alpha value is -3.98. The van der Waals surface area contributed by atoms with Crippen LogP contribution < -0.4 is 4.74 Å². The van der Waals surface area contributed by atoms with E-state index in [9.17, 15) is 4.79 Å². The minimum atomic E-state index is 0.0359. The summed E-state index contributed by atoms with van der Waals surface area (Å²) in [4.78, 5) is 18.5. The highest BCUT2D eigenvalue weighted by Gasteiger charge is 2.32. The number of ketones is 1. The molecular weight excluding hydrogens is 370 g/mol. The van der Waals surface area contributed by atoms with Crippen LogP contribution in [0.25, 0.3) is 44.1 Å². The van der Waals surface area contributed by atoms with Gasteiger partial charge in [-0.1, -0.05) is 66.7 Å². The molecule has 0 radical (unpaired) electrons. The monoisotopic (exact) mass is 387 g/mol. The highest BCUT2D eigenvalue weighted by Crippen LogP contribution is 2.45. The number of pyridine rings is 1. The molecule has 6 rings (SSSR count). The van der Waals surface area contributed by atoms with E-state index in [1.807, 2.05) is 60.7 Å². The maximum atomic E-state index is 13.5. The molecule has 3 heteroatoms. The van der Waals surface area contributed by atoms with Gasteiger partial charge in [0.1, 0.15) is 5.75 Å². The van der Waals surface area contributed by atoms with E-state index in [-0.39, 0.29) is 5.78 Å². The molecule has 1 heterocycles. The molecule has 1 aliphatic rings. The standard InChI is InChI=1S/C27H17NO2/c1-30-18-13-10-17(11-14-18)23-24-19-7-3-2-6-16(19)12-15-22(24)28-26-20-8-4-5-9-21(20)27(29)25(23)26/h2-15H,1H3. The first-order valence-corrected chi connectivity index (χ1v) is 9.90. The summed E-state index contributed by atoms with van der Waals surface area (Å²) in [6.07, 6.45) is 0. The normalized spacial score (nSPS) is 12.2. The zero-order valence-corrected chi connectivity index (χ0v) is 16.3. The largest absolute Gasteiger partial charge is 0.497 e. The van der Waals surface area contributed by atoms with Gasteiger partial charge in [0.25, 0.3) is 0 Å². The number of fused-ring (bicyclic) bond motifs is 6. The van der Waals surface area contributed by atoms with Gasteiger partial charge < -0.3 is 4.74 Å². The van der Waals surface area contributed by atoms with Gasteiger partial charge in [0.15, 0.2) is 5.78 Å². The summed E-state index contributed by atoms with van der Waals surface area (Å²) in [6.45, 7) is 0. The Kier molecular flexibility index (Phi) is 3.53. The van der Waals surface area contributed by atoms with E-state index in [1.165, 1.54) is 0 Å². The molecule has 1 aromatic heterocycles. The van der Waals surface area contributed by atoms with Gasteiger partial charge >= 0.3 is 0 Å². The van der Waals surface area contributed by atoms with Crippen molar-refractivity contribution in [3.05, 3.63) is 96.1 Å². The molecule has 0 aliphatic heterocycles. The SMILES string of the molecule is COc1ccc(-c2c3c(nc4ccc5ccccc5c24)-c2ccccc2C3=O)cc1. The third kappa shape index (κ3) is 2.26. The summed E-state index contributed by atoms with van der Waals surface area (Å²) in [7, 11) is 1.65. The molecule has 5 aromatic rings. The predicted octanol–water partition coefficient (Wildman–Crippen LogP) is 6.28. The summed E-state index contributed by atoms with van der Waals surface area (Å²) in [6, 6.07) is 28.1. The molecule has 142 valence electrons. The predicted molar refractivity (Wildman–Crippen MR) is 120 cm³/mol. The molecule has 0 fully saturated rings. The van der Waals surface area contributed by atoms with Crippen LogP contribution in [0.2, 0.25) is 0 Å². The lowest BCUT2D eigenvalue weighted by Crippen LogP contribution is -2.01. The van der Waals surface area contributed by atoms with Gasteiger partial charge in [-0.3, -0.25) is 4.79 Å². The lowest BCUT2D eigenvalue weighted by atomic mass is 9.91. The zero-order valence-electron chi connectivity index (χ0n) is 16.3. The average Bonchev–Trinajstić information content (AvgIpc) is 3.09. The molecule has 0 bridgehead atoms. The van der Waals surface area contributed by atoms with Gasteiger partial charge in [0, 0.05) is 22.1 Å². The summed E-state index contributed by atoms with van der Waals surface area (Å²) >= 11 is 0. The first-order chi connectivity index (χ1) is 14.8. The fraction of sp³-hybridized carbons (Fsp3) is 0.0370. The number of rotatable bonds is 2. The number of ether oxygens (including phenoxy) is 1. The second-order valence-corrected chi connectivity index (χ2v) is 7.49. The Morgan fingerprint density at radius 2 is 1.47 bits per heavy atom. The number of benzene rings is 4. The minimum Gasteiger partial charge on any atom is -0.497 e. The van der Waals surface area contributed by atoms with Gasteiger partial charge in [-0.25, -0.2) is 4.98 Å². The number of hydrogen-bond donors (Lipinski definition) is 0. The molecule has 0 N–H and O–H groups in total. The number of methoxy groups -OCH3 is 1. The molecular formula is C27H17NO2. The molecule has 1 aliphatic carbocycles. The van der Waals surface area contributed by atoms with Crippen molar-refractivity contribution >= 4 is 27.5 Å². The van der Waals surface area contributed by atoms with Gasteiger partial charge in [-0.15, -0.1) is 0 Å². The third-order valence-electron chi connectivity index (χ3n) is 5.91. The van der Waals surface area contributed by atoms with Crippen LogP contribution in [0.5, 0.6) is 5.75 Å². The van der Waals surface area contributed by atoms with Crippen LogP contribution in [0.15, 0.2) is 84.9 Å². The van der Waals surface area contributed by atoms with Crippen molar-refractivity contribution in [3.63, 3.8) is 0 Å². The molecule has 4 aromatic carbocycles. The molecule has 0 saturated heterocycles. The first kappa shape index (κ1) is 16.9. The van der Waals surface area contributed by atoms with Crippen LogP contribution in [-0.4, -0.2) is 17.9 Å². The molecule has 0 unspecified atom stereocenters. The van der Waals surface area contributed by atoms with Crippen LogP contribution in [0.3, 0.4) is 0 Å². The number of carbonyl (C=O) groups excluding carboxylic acids is 1. The Morgan fingerprint density at radius 3 is 2.27 bits per heavy atom. The highest BCUT2D eigenvalue weighted by molar-refractivity contribution is 6.29. The van der Waals surface area contributed by atoms with E-state index in [1.54, 1.807) is 7.11 Å². The van der Waals surface area contributed by atoms with E-state index < -0.39 is 0 Å². The van der Waals surface area contributed by atoms with Crippen LogP contribution in [0, 0.1) is 0 Å². The number of carbonyl (C=O) groups is 1. The highest BCUT2D eigenvalue weighted by atomic mass is 16.5. The molecule has 30 heavy (non-hydrogen) atoms. The van der Waals surface area contributed by atoms with Gasteiger partial charge in [-0.05, 0) is 34.5 Å². The molecule has 3 nitrogen and oxygen atoms in total. The van der Waals surface area contributed by atoms with E-state index in [0.717, 1.165) is 55.4 Å². The Morgan fingerprint density at radius 1 is 0.733 bits per heavy atom. The van der Waals surface area contributed by atoms with Gasteiger partial charge in [-0.2, -0.15) is 0 Å². The van der Waals surface area contributed by atoms with Crippen molar-refractivity contribution in [1.29, 1.82) is 0 Å². The van der Waals surface area contributed by atoms with Crippen molar-refractivity contribution in [1.82, 2.24) is 4.98 Å². The quantitative estimate of drug-likeness (QED) is 0.329. The maximum absolute atomic E-state index is 13.5. The maximum Gasteiger partial charge on any atom is 0.196 e. The summed E-state index contributed by atoms with van der Waals surface area (Å²) in [5.41, 5.74) is 5.89. The van der Waals surface area contributed by atoms with E-state index in [2.05, 4.69) is 24.3 Å². The zero-order chi connectivity index (χ0) is 20.2. The average molecular weight is 387 g/mol. The fourth-order valence-corrected chi connectivity index (χ4v) is 4.52. The van der Waals surface area contributed by atoms with Crippen molar-refractivity contribution < 1.29 is 9.53 Å². The first-order valence-electron chi connectivity index (χ1n) is 9.90. The van der Waals surface area contributed by atoms with Crippen molar-refractivity contribution in [3.8, 4) is 28.1 Å². The molecule has 0 spiro atoms. The van der Waals surface area contributed by atoms with Crippen molar-refractivity contribution in [2.75, 3.05) is 7.11 Å². The Bertz CT molecular complexity index is 1480. The Labute approximate surface area is 173 Å². The number of aromatic nitrogens is 1. The van der Waals surface area contributed by atoms with Crippen LogP contribution in [0.1, 0.15) is 15.9 Å². The van der Waals surface area contributed by atoms with E-state index in [0.29, 0.717) is 5.56 Å². The topological polar surface area (TPSA) is 39.2 Å². The van der Waals surface area contributed by atoms with Crippen LogP contribution >= 0.6 is 0 Å². The molecule has 0 saturated carbocycles. The summed E-state index contributed by atoms with van der Waals surface area (Å²) < 4.78 is 5.35. The lowest BCUT2D eigenvalue weighted by Gasteiger charge is -2.15. The number of hydrogen-bond acceptors (Lipinski definition) is 3. The van der Waals surface area contributed by atoms with Crippen molar-refractivity contribution in [2.45, 2.75) is 0 Å².